The fourth-order valence-corrected chi connectivity index (χ4v) is 11.4. The second-order valence-corrected chi connectivity index (χ2v) is 18.6. The van der Waals surface area contributed by atoms with Crippen LogP contribution in [0.2, 0.25) is 0 Å². The Bertz CT molecular complexity index is 4050. The van der Waals surface area contributed by atoms with Crippen LogP contribution in [-0.4, -0.2) is 0 Å². The molecule has 0 spiro atoms. The van der Waals surface area contributed by atoms with Crippen LogP contribution in [-0.2, 0) is 0 Å². The Kier molecular flexibility index (Phi) is 10.4. The summed E-state index contributed by atoms with van der Waals surface area (Å²) >= 11 is 0. The maximum Gasteiger partial charge on any atom is 0.0361 e. The molecule has 0 radical (unpaired) electrons. The Morgan fingerprint density at radius 3 is 1.19 bits per heavy atom. The van der Waals surface area contributed by atoms with Crippen molar-refractivity contribution in [3.63, 3.8) is 0 Å². The van der Waals surface area contributed by atoms with Crippen molar-refractivity contribution in [3.05, 3.63) is 294 Å². The Balaban J connectivity index is 0.0000000918. The maximum absolute atomic E-state index is 2.41. The molecule has 4 aliphatic rings. The normalized spacial score (nSPS) is 14.3. The zero-order chi connectivity index (χ0) is 46.4. The van der Waals surface area contributed by atoms with Gasteiger partial charge in [-0.15, -0.1) is 0 Å². The first-order chi connectivity index (χ1) is 34.7. The fourth-order valence-electron chi connectivity index (χ4n) is 11.4. The SMILES string of the molecule is C1=Cc2ccc3ccc4ccc5c6c4c3c2C2C1=CC=C(CC=5)C=62.c1cc2ccc3cccc4ccc(c1)c2c34.c1ccc2cc3ccccc3cc2c1.c1ccc2ccccc2c1.c1ccccc1. The van der Waals surface area contributed by atoms with Crippen LogP contribution >= 0.6 is 0 Å². The standard InChI is InChI=1S/C24H14.C16H10.C14H10.C10H8.C6H6/c1-2-14-5-6-16-9-11-18-12-10-17-8-7-15-4-3-13(1)19-20(14)22(16)24(18)23(17)21(15)19;1-3-11-7-9-13-5-2-6-14-10-8-12(4-1)15(11)16(13)14;1-2-6-12-10-14-8-4-3-7-13(14)9-11(12)5-1;1-2-6-10-8-4-3-7-9(10)5-1;1-2-4-6-5-3-1/h1-11,22H,12H2;1-10H;1-10H;1-8H;1-6H. The van der Waals surface area contributed by atoms with Crippen molar-refractivity contribution in [2.24, 2.45) is 0 Å². The molecule has 70 heavy (non-hydrogen) atoms. The van der Waals surface area contributed by atoms with Gasteiger partial charge in [-0.3, -0.25) is 0 Å². The summed E-state index contributed by atoms with van der Waals surface area (Å²) in [6.07, 6.45) is 12.8. The second kappa shape index (κ2) is 17.7. The van der Waals surface area contributed by atoms with Crippen LogP contribution in [0.5, 0.6) is 0 Å². The van der Waals surface area contributed by atoms with Crippen molar-refractivity contribution in [3.8, 4) is 0 Å². The van der Waals surface area contributed by atoms with E-state index in [-0.39, 0.29) is 0 Å². The molecule has 17 rings (SSSR count). The molecule has 0 bridgehead atoms. The predicted molar refractivity (Wildman–Crippen MR) is 303 cm³/mol. The van der Waals surface area contributed by atoms with E-state index in [1.165, 1.54) is 113 Å². The highest BCUT2D eigenvalue weighted by molar-refractivity contribution is 6.23. The molecule has 0 amide bonds. The zero-order valence-electron chi connectivity index (χ0n) is 38.8. The third kappa shape index (κ3) is 7.34. The summed E-state index contributed by atoms with van der Waals surface area (Å²) < 4.78 is 0. The van der Waals surface area contributed by atoms with Crippen LogP contribution in [0, 0.1) is 0 Å². The number of hydrogen-bond donors (Lipinski definition) is 0. The third-order valence-electron chi connectivity index (χ3n) is 14.6. The van der Waals surface area contributed by atoms with Gasteiger partial charge in [-0.2, -0.15) is 0 Å². The third-order valence-corrected chi connectivity index (χ3v) is 14.6. The van der Waals surface area contributed by atoms with Gasteiger partial charge in [-0.25, -0.2) is 0 Å². The molecule has 0 nitrogen and oxygen atoms in total. The number of benzene rings is 13. The molecule has 1 atom stereocenters. The first kappa shape index (κ1) is 41.4. The average molecular weight is 889 g/mol. The van der Waals surface area contributed by atoms with Crippen molar-refractivity contribution in [1.82, 2.24) is 0 Å². The predicted octanol–water partition coefficient (Wildman–Crippen LogP) is 17.4. The molecule has 0 saturated carbocycles. The van der Waals surface area contributed by atoms with E-state index in [1.807, 2.05) is 36.4 Å². The molecule has 0 saturated heterocycles. The minimum Gasteiger partial charge on any atom is -0.0722 e. The highest BCUT2D eigenvalue weighted by Gasteiger charge is 2.35. The van der Waals surface area contributed by atoms with Gasteiger partial charge in [0.05, 0.1) is 0 Å². The van der Waals surface area contributed by atoms with E-state index < -0.39 is 0 Å². The minimum absolute atomic E-state index is 0.432. The highest BCUT2D eigenvalue weighted by atomic mass is 14.4. The van der Waals surface area contributed by atoms with Crippen molar-refractivity contribution < 1.29 is 0 Å². The van der Waals surface area contributed by atoms with Gasteiger partial charge < -0.3 is 0 Å². The molecule has 0 fully saturated rings. The smallest absolute Gasteiger partial charge is 0.0361 e. The van der Waals surface area contributed by atoms with E-state index in [9.17, 15) is 0 Å². The van der Waals surface area contributed by atoms with Gasteiger partial charge in [0.1, 0.15) is 0 Å². The molecule has 0 aromatic heterocycles. The Morgan fingerprint density at radius 1 is 0.300 bits per heavy atom. The van der Waals surface area contributed by atoms with E-state index in [0.29, 0.717) is 5.92 Å². The summed E-state index contributed by atoms with van der Waals surface area (Å²) in [5.41, 5.74) is 7.48. The lowest BCUT2D eigenvalue weighted by atomic mass is 9.67. The Morgan fingerprint density at radius 2 is 0.700 bits per heavy atom. The summed E-state index contributed by atoms with van der Waals surface area (Å²) in [4.78, 5) is 0. The van der Waals surface area contributed by atoms with Crippen LogP contribution in [0.15, 0.2) is 272 Å². The molecule has 328 valence electrons. The first-order valence-electron chi connectivity index (χ1n) is 24.5. The number of rotatable bonds is 0. The molecular weight excluding hydrogens is 841 g/mol. The van der Waals surface area contributed by atoms with Gasteiger partial charge in [-0.1, -0.05) is 261 Å². The molecule has 0 N–H and O–H groups in total. The van der Waals surface area contributed by atoms with Crippen LogP contribution in [0.3, 0.4) is 0 Å². The van der Waals surface area contributed by atoms with Crippen molar-refractivity contribution in [1.29, 1.82) is 0 Å². The quantitative estimate of drug-likeness (QED) is 0.105. The lowest BCUT2D eigenvalue weighted by Gasteiger charge is -2.36. The van der Waals surface area contributed by atoms with Crippen LogP contribution in [0.25, 0.3) is 104 Å². The lowest BCUT2D eigenvalue weighted by Crippen LogP contribution is -2.36. The highest BCUT2D eigenvalue weighted by Crippen LogP contribution is 2.51. The summed E-state index contributed by atoms with van der Waals surface area (Å²) in [6.45, 7) is 0. The van der Waals surface area contributed by atoms with Gasteiger partial charge in [0.15, 0.2) is 0 Å². The lowest BCUT2D eigenvalue weighted by molar-refractivity contribution is 0.995. The average Bonchev–Trinajstić information content (AvgIpc) is 3.44. The summed E-state index contributed by atoms with van der Waals surface area (Å²) in [5.74, 6) is 0.432. The number of allylic oxidation sites excluding steroid dienone is 5. The number of hydrogen-bond acceptors (Lipinski definition) is 0. The minimum atomic E-state index is 0.432. The molecular formula is C70H48. The van der Waals surface area contributed by atoms with Crippen molar-refractivity contribution in [2.45, 2.75) is 12.3 Å². The van der Waals surface area contributed by atoms with Gasteiger partial charge >= 0.3 is 0 Å². The monoisotopic (exact) mass is 888 g/mol. The van der Waals surface area contributed by atoms with Crippen LogP contribution < -0.4 is 10.4 Å². The molecule has 13 aromatic carbocycles. The van der Waals surface area contributed by atoms with Gasteiger partial charge in [0, 0.05) is 5.92 Å². The van der Waals surface area contributed by atoms with E-state index in [4.69, 9.17) is 0 Å². The molecule has 0 aliphatic heterocycles. The fraction of sp³-hybridized carbons (Fsp3) is 0.0286. The number of fused-ring (bicyclic) bond motifs is 3. The molecule has 4 aliphatic carbocycles. The summed E-state index contributed by atoms with van der Waals surface area (Å²) in [5, 5.41) is 24.7. The van der Waals surface area contributed by atoms with Crippen LogP contribution in [0.1, 0.15) is 23.5 Å². The second-order valence-electron chi connectivity index (χ2n) is 18.6. The molecule has 13 aromatic rings. The maximum atomic E-state index is 2.41. The van der Waals surface area contributed by atoms with E-state index in [1.54, 1.807) is 11.1 Å². The zero-order valence-corrected chi connectivity index (χ0v) is 38.8. The van der Waals surface area contributed by atoms with Crippen molar-refractivity contribution in [2.75, 3.05) is 0 Å². The summed E-state index contributed by atoms with van der Waals surface area (Å²) in [7, 11) is 0. The molecule has 0 heteroatoms. The van der Waals surface area contributed by atoms with Crippen molar-refractivity contribution >= 4 is 104 Å². The Labute approximate surface area is 407 Å². The first-order valence-corrected chi connectivity index (χ1v) is 24.5. The van der Waals surface area contributed by atoms with Gasteiger partial charge in [0.2, 0.25) is 0 Å². The van der Waals surface area contributed by atoms with E-state index in [2.05, 4.69) is 237 Å². The summed E-state index contributed by atoms with van der Waals surface area (Å²) in [6, 6.07) is 85.8. The Hall–Kier alpha value is -8.84. The molecule has 0 heterocycles. The van der Waals surface area contributed by atoms with E-state index in [0.717, 1.165) is 6.42 Å². The topological polar surface area (TPSA) is 0 Å². The largest absolute Gasteiger partial charge is 0.0722 e. The molecule has 1 unspecified atom stereocenters. The van der Waals surface area contributed by atoms with Gasteiger partial charge in [0.25, 0.3) is 0 Å². The van der Waals surface area contributed by atoms with Crippen LogP contribution in [0.4, 0.5) is 0 Å². The van der Waals surface area contributed by atoms with E-state index >= 15 is 0 Å². The van der Waals surface area contributed by atoms with Gasteiger partial charge in [-0.05, 0) is 143 Å².